The van der Waals surface area contributed by atoms with Crippen molar-refractivity contribution in [3.63, 3.8) is 0 Å². The highest BCUT2D eigenvalue weighted by Crippen LogP contribution is 2.24. The van der Waals surface area contributed by atoms with Crippen molar-refractivity contribution in [2.45, 2.75) is 83.8 Å². The standard InChI is InChI=1S/C26H46O8/c1-19(14-29-7)31-16-21(3)33-18-25(5,27)24-11-9-23(10-12-24)13-26(6,28)34-22(4)17-32-20(2)15-30-8/h9-12,19-22,27-28H,13-18H2,1-8H3. The lowest BCUT2D eigenvalue weighted by atomic mass is 9.94. The third-order valence-corrected chi connectivity index (χ3v) is 5.25. The molecule has 0 fully saturated rings. The Balaban J connectivity index is 2.54. The van der Waals surface area contributed by atoms with Crippen molar-refractivity contribution in [2.24, 2.45) is 0 Å². The molecule has 0 saturated carbocycles. The molecule has 0 radical (unpaired) electrons. The molecule has 0 aliphatic carbocycles. The van der Waals surface area contributed by atoms with Gasteiger partial charge in [-0.1, -0.05) is 24.3 Å². The zero-order chi connectivity index (χ0) is 25.8. The molecule has 1 aromatic rings. The molecule has 0 heterocycles. The molecule has 2 N–H and O–H groups in total. The van der Waals surface area contributed by atoms with E-state index in [1.807, 2.05) is 52.0 Å². The Morgan fingerprint density at radius 2 is 1.18 bits per heavy atom. The van der Waals surface area contributed by atoms with Gasteiger partial charge in [0, 0.05) is 20.6 Å². The quantitative estimate of drug-likeness (QED) is 0.306. The first-order valence-corrected chi connectivity index (χ1v) is 11.9. The van der Waals surface area contributed by atoms with Gasteiger partial charge < -0.3 is 38.6 Å². The zero-order valence-corrected chi connectivity index (χ0v) is 22.2. The predicted molar refractivity (Wildman–Crippen MR) is 131 cm³/mol. The molecular formula is C26H46O8. The third-order valence-electron chi connectivity index (χ3n) is 5.25. The Morgan fingerprint density at radius 1 is 0.706 bits per heavy atom. The largest absolute Gasteiger partial charge is 0.383 e. The van der Waals surface area contributed by atoms with Crippen LogP contribution in [-0.2, 0) is 40.4 Å². The number of hydrogen-bond acceptors (Lipinski definition) is 8. The fourth-order valence-electron chi connectivity index (χ4n) is 3.47. The van der Waals surface area contributed by atoms with Gasteiger partial charge in [-0.05, 0) is 52.7 Å². The van der Waals surface area contributed by atoms with Crippen LogP contribution in [0.2, 0.25) is 0 Å². The van der Waals surface area contributed by atoms with Gasteiger partial charge in [-0.25, -0.2) is 0 Å². The van der Waals surface area contributed by atoms with Gasteiger partial charge in [0.15, 0.2) is 5.79 Å². The highest BCUT2D eigenvalue weighted by molar-refractivity contribution is 5.27. The van der Waals surface area contributed by atoms with Gasteiger partial charge in [0.1, 0.15) is 5.60 Å². The van der Waals surface area contributed by atoms with Gasteiger partial charge in [-0.3, -0.25) is 0 Å². The lowest BCUT2D eigenvalue weighted by Crippen LogP contribution is -2.37. The zero-order valence-electron chi connectivity index (χ0n) is 22.2. The van der Waals surface area contributed by atoms with E-state index in [9.17, 15) is 10.2 Å². The molecule has 0 bridgehead atoms. The molecule has 0 aliphatic heterocycles. The van der Waals surface area contributed by atoms with Crippen molar-refractivity contribution >= 4 is 0 Å². The second-order valence-electron chi connectivity index (χ2n) is 9.57. The summed E-state index contributed by atoms with van der Waals surface area (Å²) in [7, 11) is 3.27. The summed E-state index contributed by atoms with van der Waals surface area (Å²) in [5.41, 5.74) is 0.459. The summed E-state index contributed by atoms with van der Waals surface area (Å²) in [6, 6.07) is 7.44. The minimum atomic E-state index is -1.35. The van der Waals surface area contributed by atoms with Crippen LogP contribution < -0.4 is 0 Å². The summed E-state index contributed by atoms with van der Waals surface area (Å²) in [6.45, 7) is 12.9. The van der Waals surface area contributed by atoms with Crippen LogP contribution in [0.15, 0.2) is 24.3 Å². The van der Waals surface area contributed by atoms with Crippen LogP contribution in [0.25, 0.3) is 0 Å². The number of hydrogen-bond donors (Lipinski definition) is 2. The van der Waals surface area contributed by atoms with Crippen LogP contribution in [0.1, 0.15) is 52.7 Å². The first-order valence-electron chi connectivity index (χ1n) is 11.9. The first-order chi connectivity index (χ1) is 15.9. The van der Waals surface area contributed by atoms with Crippen molar-refractivity contribution in [2.75, 3.05) is 47.3 Å². The highest BCUT2D eigenvalue weighted by Gasteiger charge is 2.27. The summed E-state index contributed by atoms with van der Waals surface area (Å²) in [4.78, 5) is 0. The Morgan fingerprint density at radius 3 is 1.68 bits per heavy atom. The van der Waals surface area contributed by atoms with E-state index in [1.54, 1.807) is 28.1 Å². The van der Waals surface area contributed by atoms with Crippen molar-refractivity contribution in [1.29, 1.82) is 0 Å². The average Bonchev–Trinajstić information content (AvgIpc) is 2.75. The minimum absolute atomic E-state index is 0.0139. The summed E-state index contributed by atoms with van der Waals surface area (Å²) in [5, 5.41) is 21.6. The monoisotopic (exact) mass is 486 g/mol. The molecular weight excluding hydrogens is 440 g/mol. The van der Waals surface area contributed by atoms with Crippen LogP contribution in [0.3, 0.4) is 0 Å². The maximum atomic E-state index is 10.9. The Bertz CT molecular complexity index is 661. The van der Waals surface area contributed by atoms with Crippen LogP contribution in [0.4, 0.5) is 0 Å². The number of ether oxygens (including phenoxy) is 6. The van der Waals surface area contributed by atoms with Gasteiger partial charge in [0.2, 0.25) is 0 Å². The highest BCUT2D eigenvalue weighted by atomic mass is 16.6. The SMILES string of the molecule is COCC(C)OCC(C)OCC(C)(O)c1ccc(CC(C)(O)OC(C)COC(C)COC)cc1. The van der Waals surface area contributed by atoms with Crippen molar-refractivity contribution < 1.29 is 38.6 Å². The molecule has 6 atom stereocenters. The molecule has 8 nitrogen and oxygen atoms in total. The van der Waals surface area contributed by atoms with E-state index < -0.39 is 11.4 Å². The van der Waals surface area contributed by atoms with Gasteiger partial charge in [-0.2, -0.15) is 0 Å². The number of benzene rings is 1. The Hall–Kier alpha value is -1.10. The summed E-state index contributed by atoms with van der Waals surface area (Å²) in [6.07, 6.45) is -0.200. The van der Waals surface area contributed by atoms with Crippen LogP contribution in [0.5, 0.6) is 0 Å². The second kappa shape index (κ2) is 15.1. The van der Waals surface area contributed by atoms with E-state index in [0.717, 1.165) is 11.1 Å². The molecule has 1 rings (SSSR count). The predicted octanol–water partition coefficient (Wildman–Crippen LogP) is 3.06. The molecule has 1 aromatic carbocycles. The summed E-state index contributed by atoms with van der Waals surface area (Å²) < 4.78 is 33.0. The van der Waals surface area contributed by atoms with E-state index in [4.69, 9.17) is 28.4 Å². The molecule has 0 saturated heterocycles. The van der Waals surface area contributed by atoms with Gasteiger partial charge in [0.05, 0.1) is 57.5 Å². The van der Waals surface area contributed by atoms with Crippen LogP contribution >= 0.6 is 0 Å². The molecule has 0 amide bonds. The topological polar surface area (TPSA) is 95.8 Å². The average molecular weight is 487 g/mol. The maximum absolute atomic E-state index is 10.9. The van der Waals surface area contributed by atoms with Gasteiger partial charge in [0.25, 0.3) is 0 Å². The molecule has 6 unspecified atom stereocenters. The van der Waals surface area contributed by atoms with E-state index >= 15 is 0 Å². The number of rotatable bonds is 18. The minimum Gasteiger partial charge on any atom is -0.383 e. The van der Waals surface area contributed by atoms with Crippen molar-refractivity contribution in [3.05, 3.63) is 35.4 Å². The Kier molecular flexibility index (Phi) is 13.7. The molecule has 0 spiro atoms. The second-order valence-corrected chi connectivity index (χ2v) is 9.57. The van der Waals surface area contributed by atoms with Crippen molar-refractivity contribution in [3.8, 4) is 0 Å². The first kappa shape index (κ1) is 30.9. The summed E-state index contributed by atoms with van der Waals surface area (Å²) >= 11 is 0. The van der Waals surface area contributed by atoms with E-state index in [0.29, 0.717) is 32.8 Å². The third kappa shape index (κ3) is 12.6. The number of methoxy groups -OCH3 is 2. The summed E-state index contributed by atoms with van der Waals surface area (Å²) in [5.74, 6) is -1.35. The smallest absolute Gasteiger partial charge is 0.167 e. The maximum Gasteiger partial charge on any atom is 0.167 e. The van der Waals surface area contributed by atoms with E-state index in [-0.39, 0.29) is 31.0 Å². The molecule has 0 aliphatic rings. The lowest BCUT2D eigenvalue weighted by Gasteiger charge is -2.29. The molecule has 198 valence electrons. The number of aliphatic hydroxyl groups is 2. The van der Waals surface area contributed by atoms with Crippen LogP contribution in [0, 0.1) is 0 Å². The molecule has 8 heteroatoms. The van der Waals surface area contributed by atoms with Crippen LogP contribution in [-0.4, -0.2) is 87.7 Å². The van der Waals surface area contributed by atoms with Gasteiger partial charge in [-0.15, -0.1) is 0 Å². The lowest BCUT2D eigenvalue weighted by molar-refractivity contribution is -0.224. The fraction of sp³-hybridized carbons (Fsp3) is 0.769. The Labute approximate surface area is 205 Å². The molecule has 34 heavy (non-hydrogen) atoms. The normalized spacial score (nSPS) is 19.1. The molecule has 0 aromatic heterocycles. The van der Waals surface area contributed by atoms with E-state index in [2.05, 4.69) is 0 Å². The van der Waals surface area contributed by atoms with Gasteiger partial charge >= 0.3 is 0 Å². The van der Waals surface area contributed by atoms with Crippen molar-refractivity contribution in [1.82, 2.24) is 0 Å². The van der Waals surface area contributed by atoms with E-state index in [1.165, 1.54) is 0 Å². The fourth-order valence-corrected chi connectivity index (χ4v) is 3.47.